The number of benzene rings is 3. The lowest BCUT2D eigenvalue weighted by Crippen LogP contribution is -2.10. The summed E-state index contributed by atoms with van der Waals surface area (Å²) in [6.07, 6.45) is 0. The third-order valence-corrected chi connectivity index (χ3v) is 4.40. The summed E-state index contributed by atoms with van der Waals surface area (Å²) in [5, 5.41) is 0. The SMILES string of the molecule is Nc1c(OCc2ccccc2)cc(I)cc1C(=O)OCc1ccccc1. The molecule has 0 aliphatic heterocycles. The predicted octanol–water partition coefficient (Wildman–Crippen LogP) is 4.81. The molecule has 0 aliphatic carbocycles. The maximum absolute atomic E-state index is 12.5. The molecule has 0 saturated carbocycles. The van der Waals surface area contributed by atoms with Gasteiger partial charge in [0, 0.05) is 3.57 Å². The average Bonchev–Trinajstić information content (AvgIpc) is 2.68. The minimum atomic E-state index is -0.463. The lowest BCUT2D eigenvalue weighted by molar-refractivity contribution is 0.0473. The smallest absolute Gasteiger partial charge is 0.340 e. The van der Waals surface area contributed by atoms with Crippen molar-refractivity contribution in [1.29, 1.82) is 0 Å². The summed E-state index contributed by atoms with van der Waals surface area (Å²) in [4.78, 5) is 12.5. The van der Waals surface area contributed by atoms with Crippen LogP contribution < -0.4 is 10.5 Å². The molecule has 3 aromatic rings. The number of esters is 1. The minimum absolute atomic E-state index is 0.199. The van der Waals surface area contributed by atoms with Crippen LogP contribution in [0.2, 0.25) is 0 Å². The lowest BCUT2D eigenvalue weighted by Gasteiger charge is -2.13. The normalized spacial score (nSPS) is 10.3. The quantitative estimate of drug-likeness (QED) is 0.327. The van der Waals surface area contributed by atoms with Gasteiger partial charge >= 0.3 is 5.97 Å². The van der Waals surface area contributed by atoms with Crippen LogP contribution in [0.3, 0.4) is 0 Å². The fourth-order valence-corrected chi connectivity index (χ4v) is 3.01. The monoisotopic (exact) mass is 459 g/mol. The number of nitrogens with two attached hydrogens (primary N) is 1. The number of hydrogen-bond donors (Lipinski definition) is 1. The number of anilines is 1. The van der Waals surface area contributed by atoms with E-state index in [2.05, 4.69) is 22.6 Å². The Kier molecular flexibility index (Phi) is 6.12. The summed E-state index contributed by atoms with van der Waals surface area (Å²) in [6.45, 7) is 0.578. The first kappa shape index (κ1) is 18.3. The van der Waals surface area contributed by atoms with E-state index in [1.165, 1.54) is 0 Å². The number of carbonyl (C=O) groups is 1. The summed E-state index contributed by atoms with van der Waals surface area (Å²) in [5.41, 5.74) is 8.71. The Morgan fingerprint density at radius 2 is 1.46 bits per heavy atom. The standard InChI is InChI=1S/C21H18INO3/c22-17-11-18(21(24)26-14-16-9-5-2-6-10-16)20(23)19(12-17)25-13-15-7-3-1-4-8-15/h1-12H,13-14,23H2. The Bertz CT molecular complexity index is 883. The molecule has 0 aromatic heterocycles. The van der Waals surface area contributed by atoms with Gasteiger partial charge in [-0.05, 0) is 45.9 Å². The Hall–Kier alpha value is -2.54. The van der Waals surface area contributed by atoms with E-state index in [1.807, 2.05) is 66.7 Å². The first-order valence-electron chi connectivity index (χ1n) is 8.10. The highest BCUT2D eigenvalue weighted by atomic mass is 127. The zero-order valence-corrected chi connectivity index (χ0v) is 16.2. The van der Waals surface area contributed by atoms with Gasteiger partial charge in [-0.3, -0.25) is 0 Å². The van der Waals surface area contributed by atoms with E-state index < -0.39 is 5.97 Å². The lowest BCUT2D eigenvalue weighted by atomic mass is 10.1. The van der Waals surface area contributed by atoms with Crippen molar-refractivity contribution in [3.05, 3.63) is 93.1 Å². The molecule has 0 fully saturated rings. The van der Waals surface area contributed by atoms with E-state index in [4.69, 9.17) is 15.2 Å². The van der Waals surface area contributed by atoms with Crippen LogP contribution >= 0.6 is 22.6 Å². The number of carbonyl (C=O) groups excluding carboxylic acids is 1. The molecule has 132 valence electrons. The van der Waals surface area contributed by atoms with E-state index >= 15 is 0 Å². The molecule has 26 heavy (non-hydrogen) atoms. The van der Waals surface area contributed by atoms with Crippen molar-refractivity contribution in [3.8, 4) is 5.75 Å². The maximum Gasteiger partial charge on any atom is 0.340 e. The molecule has 5 heteroatoms. The first-order valence-corrected chi connectivity index (χ1v) is 9.18. The molecule has 3 aromatic carbocycles. The van der Waals surface area contributed by atoms with Gasteiger partial charge in [0.05, 0.1) is 11.3 Å². The Labute approximate surface area is 166 Å². The molecule has 0 unspecified atom stereocenters. The number of halogens is 1. The van der Waals surface area contributed by atoms with Gasteiger partial charge in [0.15, 0.2) is 0 Å². The van der Waals surface area contributed by atoms with Gasteiger partial charge in [-0.1, -0.05) is 60.7 Å². The molecule has 3 rings (SSSR count). The Morgan fingerprint density at radius 3 is 2.08 bits per heavy atom. The fourth-order valence-electron chi connectivity index (χ4n) is 2.42. The van der Waals surface area contributed by atoms with Crippen LogP contribution in [-0.2, 0) is 18.0 Å². The van der Waals surface area contributed by atoms with Gasteiger partial charge in [-0.25, -0.2) is 4.79 Å². The average molecular weight is 459 g/mol. The summed E-state index contributed by atoms with van der Waals surface area (Å²) in [6, 6.07) is 22.8. The largest absolute Gasteiger partial charge is 0.487 e. The van der Waals surface area contributed by atoms with Crippen molar-refractivity contribution in [3.63, 3.8) is 0 Å². The molecule has 4 nitrogen and oxygen atoms in total. The van der Waals surface area contributed by atoms with Crippen molar-refractivity contribution in [2.24, 2.45) is 0 Å². The third-order valence-electron chi connectivity index (χ3n) is 3.78. The molecule has 0 amide bonds. The number of ether oxygens (including phenoxy) is 2. The van der Waals surface area contributed by atoms with Crippen LogP contribution in [0, 0.1) is 3.57 Å². The number of nitrogen functional groups attached to an aromatic ring is 1. The molecule has 0 aliphatic rings. The molecular weight excluding hydrogens is 441 g/mol. The van der Waals surface area contributed by atoms with Gasteiger partial charge < -0.3 is 15.2 Å². The molecule has 0 spiro atoms. The zero-order valence-electron chi connectivity index (χ0n) is 14.0. The molecule has 2 N–H and O–H groups in total. The van der Waals surface area contributed by atoms with Gasteiger partial charge in [-0.15, -0.1) is 0 Å². The Balaban J connectivity index is 1.72. The highest BCUT2D eigenvalue weighted by Crippen LogP contribution is 2.30. The molecule has 0 atom stereocenters. The van der Waals surface area contributed by atoms with Crippen molar-refractivity contribution in [2.75, 3.05) is 5.73 Å². The first-order chi connectivity index (χ1) is 12.6. The van der Waals surface area contributed by atoms with Gasteiger partial charge in [0.2, 0.25) is 0 Å². The minimum Gasteiger partial charge on any atom is -0.487 e. The number of rotatable bonds is 6. The highest BCUT2D eigenvalue weighted by Gasteiger charge is 2.17. The van der Waals surface area contributed by atoms with Gasteiger partial charge in [0.25, 0.3) is 0 Å². The van der Waals surface area contributed by atoms with Crippen molar-refractivity contribution in [1.82, 2.24) is 0 Å². The summed E-state index contributed by atoms with van der Waals surface area (Å²) >= 11 is 2.13. The number of hydrogen-bond acceptors (Lipinski definition) is 4. The second kappa shape index (κ2) is 8.71. The molecule has 0 heterocycles. The van der Waals surface area contributed by atoms with Crippen molar-refractivity contribution < 1.29 is 14.3 Å². The summed E-state index contributed by atoms with van der Waals surface area (Å²) in [5.74, 6) is 0.0156. The van der Waals surface area contributed by atoms with E-state index in [-0.39, 0.29) is 6.61 Å². The van der Waals surface area contributed by atoms with Crippen LogP contribution in [0.4, 0.5) is 5.69 Å². The van der Waals surface area contributed by atoms with E-state index in [1.54, 1.807) is 6.07 Å². The molecule has 0 radical (unpaired) electrons. The van der Waals surface area contributed by atoms with E-state index in [9.17, 15) is 4.79 Å². The molecule has 0 bridgehead atoms. The van der Waals surface area contributed by atoms with Crippen LogP contribution in [0.5, 0.6) is 5.75 Å². The fraction of sp³-hybridized carbons (Fsp3) is 0.0952. The third kappa shape index (κ3) is 4.76. The second-order valence-electron chi connectivity index (χ2n) is 5.70. The van der Waals surface area contributed by atoms with E-state index in [0.29, 0.717) is 23.6 Å². The zero-order chi connectivity index (χ0) is 18.4. The Morgan fingerprint density at radius 1 is 0.885 bits per heavy atom. The topological polar surface area (TPSA) is 61.5 Å². The van der Waals surface area contributed by atoms with Crippen molar-refractivity contribution in [2.45, 2.75) is 13.2 Å². The van der Waals surface area contributed by atoms with Gasteiger partial charge in [-0.2, -0.15) is 0 Å². The van der Waals surface area contributed by atoms with Gasteiger partial charge in [0.1, 0.15) is 19.0 Å². The van der Waals surface area contributed by atoms with E-state index in [0.717, 1.165) is 14.7 Å². The highest BCUT2D eigenvalue weighted by molar-refractivity contribution is 14.1. The summed E-state index contributed by atoms with van der Waals surface area (Å²) in [7, 11) is 0. The molecule has 0 saturated heterocycles. The summed E-state index contributed by atoms with van der Waals surface area (Å²) < 4.78 is 12.1. The van der Waals surface area contributed by atoms with Crippen LogP contribution in [0.25, 0.3) is 0 Å². The molecular formula is C21H18INO3. The van der Waals surface area contributed by atoms with Crippen molar-refractivity contribution >= 4 is 34.2 Å². The second-order valence-corrected chi connectivity index (χ2v) is 6.95. The predicted molar refractivity (Wildman–Crippen MR) is 110 cm³/mol. The maximum atomic E-state index is 12.5. The van der Waals surface area contributed by atoms with Crippen LogP contribution in [0.1, 0.15) is 21.5 Å². The van der Waals surface area contributed by atoms with Crippen LogP contribution in [-0.4, -0.2) is 5.97 Å². The van der Waals surface area contributed by atoms with Crippen LogP contribution in [0.15, 0.2) is 72.8 Å².